The largest absolute Gasteiger partial charge is 0.416 e. The van der Waals surface area contributed by atoms with Crippen LogP contribution in [0.2, 0.25) is 0 Å². The third-order valence-electron chi connectivity index (χ3n) is 5.71. The zero-order chi connectivity index (χ0) is 22.6. The molecular weight excluding hydrogens is 403 g/mol. The maximum atomic E-state index is 13.5. The van der Waals surface area contributed by atoms with Gasteiger partial charge in [-0.05, 0) is 60.5 Å². The number of hydrogen-bond donors (Lipinski definition) is 0. The van der Waals surface area contributed by atoms with Crippen LogP contribution in [0, 0.1) is 0 Å². The number of tetrazole rings is 1. The topological polar surface area (TPSA) is 46.8 Å². The molecule has 0 radical (unpaired) electrons. The van der Waals surface area contributed by atoms with Crippen molar-refractivity contribution in [3.8, 4) is 0 Å². The zero-order valence-corrected chi connectivity index (χ0v) is 18.3. The Morgan fingerprint density at radius 1 is 1.00 bits per heavy atom. The van der Waals surface area contributed by atoms with E-state index in [0.29, 0.717) is 24.5 Å². The predicted octanol–water partition coefficient (Wildman–Crippen LogP) is 5.45. The fourth-order valence-electron chi connectivity index (χ4n) is 3.56. The van der Waals surface area contributed by atoms with Crippen molar-refractivity contribution in [2.45, 2.75) is 58.4 Å². The van der Waals surface area contributed by atoms with Crippen LogP contribution in [0.1, 0.15) is 62.7 Å². The van der Waals surface area contributed by atoms with Gasteiger partial charge >= 0.3 is 6.18 Å². The quantitative estimate of drug-likeness (QED) is 0.476. The lowest BCUT2D eigenvalue weighted by atomic mass is 9.98. The Morgan fingerprint density at radius 2 is 1.71 bits per heavy atom. The molecule has 3 rings (SSSR count). The lowest BCUT2D eigenvalue weighted by molar-refractivity contribution is -0.137. The van der Waals surface area contributed by atoms with Crippen LogP contribution in [0.25, 0.3) is 0 Å². The van der Waals surface area contributed by atoms with Crippen LogP contribution in [0.15, 0.2) is 54.6 Å². The monoisotopic (exact) mass is 431 g/mol. The maximum absolute atomic E-state index is 13.5. The third kappa shape index (κ3) is 5.12. The molecule has 8 heteroatoms. The van der Waals surface area contributed by atoms with Gasteiger partial charge in [-0.3, -0.25) is 4.90 Å². The minimum Gasteiger partial charge on any atom is -0.286 e. The van der Waals surface area contributed by atoms with Crippen LogP contribution in [-0.2, 0) is 18.3 Å². The Morgan fingerprint density at radius 3 is 2.32 bits per heavy atom. The molecule has 31 heavy (non-hydrogen) atoms. The summed E-state index contributed by atoms with van der Waals surface area (Å²) in [7, 11) is 0. The van der Waals surface area contributed by atoms with Gasteiger partial charge in [-0.25, -0.2) is 4.68 Å². The standard InChI is InChI=1S/C23H28F3N5/c1-5-22(3,4)31-21(27-28-29-31)20(18-13-10-14-19(15-18)23(24,25)26)30(6-2)16-17-11-8-7-9-12-17/h7-15,20H,5-6,16H2,1-4H3/t20-/m1/s1. The van der Waals surface area contributed by atoms with Gasteiger partial charge < -0.3 is 0 Å². The molecule has 0 bridgehead atoms. The third-order valence-corrected chi connectivity index (χ3v) is 5.71. The first-order chi connectivity index (χ1) is 14.7. The molecular formula is C23H28F3N5. The molecule has 0 aliphatic rings. The van der Waals surface area contributed by atoms with Crippen molar-refractivity contribution in [3.05, 3.63) is 77.1 Å². The Labute approximate surface area is 180 Å². The molecule has 1 atom stereocenters. The molecule has 0 fully saturated rings. The van der Waals surface area contributed by atoms with E-state index in [4.69, 9.17) is 0 Å². The van der Waals surface area contributed by atoms with Gasteiger partial charge in [0.1, 0.15) is 0 Å². The Kier molecular flexibility index (Phi) is 6.79. The summed E-state index contributed by atoms with van der Waals surface area (Å²) in [6.07, 6.45) is -3.66. The van der Waals surface area contributed by atoms with Crippen molar-refractivity contribution < 1.29 is 13.2 Å². The molecule has 0 saturated carbocycles. The predicted molar refractivity (Wildman–Crippen MR) is 113 cm³/mol. The first-order valence-corrected chi connectivity index (χ1v) is 10.4. The molecule has 3 aromatic rings. The van der Waals surface area contributed by atoms with Gasteiger partial charge in [0, 0.05) is 6.54 Å². The SMILES string of the molecule is CCN(Cc1ccccc1)[C@H](c1cccc(C(F)(F)F)c1)c1nnnn1C(C)(C)CC. The van der Waals surface area contributed by atoms with E-state index in [1.807, 2.05) is 58.0 Å². The molecule has 0 amide bonds. The Bertz CT molecular complexity index is 982. The van der Waals surface area contributed by atoms with E-state index in [1.165, 1.54) is 12.1 Å². The molecule has 0 unspecified atom stereocenters. The van der Waals surface area contributed by atoms with Crippen molar-refractivity contribution in [2.24, 2.45) is 0 Å². The van der Waals surface area contributed by atoms with Gasteiger partial charge in [-0.2, -0.15) is 13.2 Å². The molecule has 166 valence electrons. The number of nitrogens with zero attached hydrogens (tertiary/aromatic N) is 5. The van der Waals surface area contributed by atoms with E-state index in [0.717, 1.165) is 18.1 Å². The van der Waals surface area contributed by atoms with Crippen LogP contribution < -0.4 is 0 Å². The van der Waals surface area contributed by atoms with E-state index in [1.54, 1.807) is 10.7 Å². The summed E-state index contributed by atoms with van der Waals surface area (Å²) in [6, 6.07) is 14.8. The normalized spacial score (nSPS) is 13.5. The first kappa shape index (κ1) is 22.9. The fraction of sp³-hybridized carbons (Fsp3) is 0.435. The van der Waals surface area contributed by atoms with Gasteiger partial charge in [0.2, 0.25) is 0 Å². The molecule has 1 aromatic heterocycles. The minimum atomic E-state index is -4.42. The summed E-state index contributed by atoms with van der Waals surface area (Å²) >= 11 is 0. The maximum Gasteiger partial charge on any atom is 0.416 e. The van der Waals surface area contributed by atoms with E-state index < -0.39 is 17.8 Å². The van der Waals surface area contributed by atoms with Crippen LogP contribution in [0.4, 0.5) is 13.2 Å². The van der Waals surface area contributed by atoms with E-state index in [2.05, 4.69) is 20.4 Å². The smallest absolute Gasteiger partial charge is 0.286 e. The molecule has 2 aromatic carbocycles. The highest BCUT2D eigenvalue weighted by molar-refractivity contribution is 5.32. The van der Waals surface area contributed by atoms with Gasteiger partial charge in [-0.15, -0.1) is 5.10 Å². The lowest BCUT2D eigenvalue weighted by Gasteiger charge is -2.33. The van der Waals surface area contributed by atoms with Crippen molar-refractivity contribution in [1.29, 1.82) is 0 Å². The summed E-state index contributed by atoms with van der Waals surface area (Å²) in [5, 5.41) is 12.4. The van der Waals surface area contributed by atoms with Gasteiger partial charge in [0.25, 0.3) is 0 Å². The summed E-state index contributed by atoms with van der Waals surface area (Å²) < 4.78 is 42.1. The number of aromatic nitrogens is 4. The van der Waals surface area contributed by atoms with Crippen LogP contribution in [0.3, 0.4) is 0 Å². The second-order valence-corrected chi connectivity index (χ2v) is 8.19. The van der Waals surface area contributed by atoms with Crippen molar-refractivity contribution >= 4 is 0 Å². The summed E-state index contributed by atoms with van der Waals surface area (Å²) in [5.74, 6) is 0.531. The molecule has 0 saturated heterocycles. The lowest BCUT2D eigenvalue weighted by Crippen LogP contribution is -2.36. The fourth-order valence-corrected chi connectivity index (χ4v) is 3.56. The highest BCUT2D eigenvalue weighted by Gasteiger charge is 2.35. The van der Waals surface area contributed by atoms with Gasteiger partial charge in [0.05, 0.1) is 17.1 Å². The van der Waals surface area contributed by atoms with Crippen molar-refractivity contribution in [1.82, 2.24) is 25.1 Å². The number of hydrogen-bond acceptors (Lipinski definition) is 4. The van der Waals surface area contributed by atoms with Crippen LogP contribution >= 0.6 is 0 Å². The number of rotatable bonds is 8. The molecule has 5 nitrogen and oxygen atoms in total. The van der Waals surface area contributed by atoms with E-state index in [9.17, 15) is 13.2 Å². The number of halogens is 3. The molecule has 0 aliphatic heterocycles. The molecule has 1 heterocycles. The van der Waals surface area contributed by atoms with Crippen molar-refractivity contribution in [2.75, 3.05) is 6.54 Å². The molecule has 0 aliphatic carbocycles. The highest BCUT2D eigenvalue weighted by atomic mass is 19.4. The zero-order valence-electron chi connectivity index (χ0n) is 18.3. The average molecular weight is 432 g/mol. The van der Waals surface area contributed by atoms with Gasteiger partial charge in [0.15, 0.2) is 5.82 Å². The molecule has 0 N–H and O–H groups in total. The van der Waals surface area contributed by atoms with Crippen molar-refractivity contribution in [3.63, 3.8) is 0 Å². The Balaban J connectivity index is 2.14. The van der Waals surface area contributed by atoms with E-state index in [-0.39, 0.29) is 5.54 Å². The number of benzene rings is 2. The summed E-state index contributed by atoms with van der Waals surface area (Å²) in [6.45, 7) is 9.22. The minimum absolute atomic E-state index is 0.384. The van der Waals surface area contributed by atoms with E-state index >= 15 is 0 Å². The highest BCUT2D eigenvalue weighted by Crippen LogP contribution is 2.35. The van der Waals surface area contributed by atoms with Crippen LogP contribution in [-0.4, -0.2) is 31.7 Å². The molecule has 0 spiro atoms. The summed E-state index contributed by atoms with van der Waals surface area (Å²) in [5.41, 5.74) is 0.510. The second kappa shape index (κ2) is 9.18. The Hall–Kier alpha value is -2.74. The first-order valence-electron chi connectivity index (χ1n) is 10.4. The summed E-state index contributed by atoms with van der Waals surface area (Å²) in [4.78, 5) is 2.10. The van der Waals surface area contributed by atoms with Gasteiger partial charge in [-0.1, -0.05) is 56.3 Å². The van der Waals surface area contributed by atoms with Crippen LogP contribution in [0.5, 0.6) is 0 Å². The average Bonchev–Trinajstić information content (AvgIpc) is 3.24. The number of alkyl halides is 3. The second-order valence-electron chi connectivity index (χ2n) is 8.19.